The lowest BCUT2D eigenvalue weighted by molar-refractivity contribution is 0.0770. The van der Waals surface area contributed by atoms with Gasteiger partial charge < -0.3 is 9.47 Å². The maximum Gasteiger partial charge on any atom is 0.274 e. The molecule has 16 heavy (non-hydrogen) atoms. The highest BCUT2D eigenvalue weighted by molar-refractivity contribution is 5.92. The molecule has 3 fully saturated rings. The molecule has 4 nitrogen and oxygen atoms in total. The summed E-state index contributed by atoms with van der Waals surface area (Å²) in [4.78, 5) is 18.3. The second-order valence-electron chi connectivity index (χ2n) is 5.40. The fourth-order valence-electron chi connectivity index (χ4n) is 2.75. The van der Waals surface area contributed by atoms with Crippen molar-refractivity contribution in [3.05, 3.63) is 18.2 Å². The molecule has 0 aromatic carbocycles. The fourth-order valence-corrected chi connectivity index (χ4v) is 2.75. The zero-order valence-corrected chi connectivity index (χ0v) is 9.17. The molecule has 4 heteroatoms. The Balaban J connectivity index is 1.52. The second kappa shape index (κ2) is 2.87. The predicted molar refractivity (Wildman–Crippen MR) is 58.0 cm³/mol. The van der Waals surface area contributed by atoms with Gasteiger partial charge in [0.1, 0.15) is 5.69 Å². The van der Waals surface area contributed by atoms with E-state index in [4.69, 9.17) is 0 Å². The van der Waals surface area contributed by atoms with Gasteiger partial charge in [0.05, 0.1) is 6.33 Å². The Bertz CT molecular complexity index is 439. The average Bonchev–Trinajstić information content (AvgIpc) is 3.20. The van der Waals surface area contributed by atoms with Crippen LogP contribution in [-0.2, 0) is 0 Å². The number of nitrogens with zero attached hydrogens (tertiary/aromatic N) is 3. The molecule has 1 aliphatic heterocycles. The highest BCUT2D eigenvalue weighted by Crippen LogP contribution is 2.45. The first-order chi connectivity index (χ1) is 7.81. The first-order valence-electron chi connectivity index (χ1n) is 6.14. The Morgan fingerprint density at radius 2 is 2.06 bits per heavy atom. The number of imidazole rings is 1. The van der Waals surface area contributed by atoms with Crippen molar-refractivity contribution < 1.29 is 4.79 Å². The normalized spacial score (nSPS) is 31.6. The first-order valence-corrected chi connectivity index (χ1v) is 6.14. The lowest BCUT2D eigenvalue weighted by Gasteiger charge is -2.16. The van der Waals surface area contributed by atoms with E-state index in [-0.39, 0.29) is 5.91 Å². The van der Waals surface area contributed by atoms with Crippen LogP contribution in [0, 0.1) is 11.8 Å². The van der Waals surface area contributed by atoms with Crippen molar-refractivity contribution >= 4 is 5.91 Å². The van der Waals surface area contributed by atoms with Gasteiger partial charge in [-0.25, -0.2) is 4.98 Å². The minimum absolute atomic E-state index is 0.131. The summed E-state index contributed by atoms with van der Waals surface area (Å²) < 4.78 is 2.09. The number of piperidine rings is 1. The van der Waals surface area contributed by atoms with Crippen molar-refractivity contribution in [3.63, 3.8) is 0 Å². The molecule has 3 aliphatic rings. The van der Waals surface area contributed by atoms with Gasteiger partial charge in [-0.3, -0.25) is 4.79 Å². The molecule has 4 rings (SSSR count). The molecule has 1 saturated heterocycles. The predicted octanol–water partition coefficient (Wildman–Crippen LogP) is 1.31. The lowest BCUT2D eigenvalue weighted by atomic mass is 10.3. The Labute approximate surface area is 94.3 Å². The SMILES string of the molecule is O=C(c1cn(C2CC2)cn1)N1CC2CC2C1. The van der Waals surface area contributed by atoms with Crippen LogP contribution in [0.15, 0.2) is 12.5 Å². The number of rotatable bonds is 2. The summed E-state index contributed by atoms with van der Waals surface area (Å²) in [6.07, 6.45) is 7.53. The minimum Gasteiger partial charge on any atom is -0.337 e. The van der Waals surface area contributed by atoms with Crippen LogP contribution in [0.2, 0.25) is 0 Å². The van der Waals surface area contributed by atoms with Crippen LogP contribution in [0.25, 0.3) is 0 Å². The van der Waals surface area contributed by atoms with Crippen molar-refractivity contribution in [3.8, 4) is 0 Å². The van der Waals surface area contributed by atoms with Gasteiger partial charge in [0.15, 0.2) is 0 Å². The molecular weight excluding hydrogens is 202 g/mol. The fraction of sp³-hybridized carbons (Fsp3) is 0.667. The van der Waals surface area contributed by atoms with Crippen molar-refractivity contribution in [1.82, 2.24) is 14.5 Å². The van der Waals surface area contributed by atoms with Gasteiger partial charge in [0.2, 0.25) is 0 Å². The number of hydrogen-bond donors (Lipinski definition) is 0. The van der Waals surface area contributed by atoms with Crippen LogP contribution in [0.1, 0.15) is 35.8 Å². The standard InChI is InChI=1S/C12H15N3O/c16-12(14-4-8-3-9(8)5-14)11-6-15(7-13-11)10-1-2-10/h6-10H,1-5H2. The third kappa shape index (κ3) is 1.29. The Morgan fingerprint density at radius 3 is 2.75 bits per heavy atom. The van der Waals surface area contributed by atoms with E-state index in [1.54, 1.807) is 0 Å². The average molecular weight is 217 g/mol. The van der Waals surface area contributed by atoms with Crippen molar-refractivity contribution in [2.75, 3.05) is 13.1 Å². The van der Waals surface area contributed by atoms with Crippen LogP contribution in [-0.4, -0.2) is 33.4 Å². The van der Waals surface area contributed by atoms with E-state index >= 15 is 0 Å². The van der Waals surface area contributed by atoms with Crippen LogP contribution in [0.4, 0.5) is 0 Å². The lowest BCUT2D eigenvalue weighted by Crippen LogP contribution is -2.30. The van der Waals surface area contributed by atoms with E-state index in [1.165, 1.54) is 19.3 Å². The van der Waals surface area contributed by atoms with Crippen molar-refractivity contribution in [2.24, 2.45) is 11.8 Å². The molecule has 2 heterocycles. The number of fused-ring (bicyclic) bond motifs is 1. The monoisotopic (exact) mass is 217 g/mol. The van der Waals surface area contributed by atoms with Crippen LogP contribution >= 0.6 is 0 Å². The zero-order chi connectivity index (χ0) is 10.7. The molecule has 2 unspecified atom stereocenters. The largest absolute Gasteiger partial charge is 0.337 e. The molecule has 0 N–H and O–H groups in total. The minimum atomic E-state index is 0.131. The van der Waals surface area contributed by atoms with Crippen LogP contribution in [0.3, 0.4) is 0 Å². The molecular formula is C12H15N3O. The van der Waals surface area contributed by atoms with Crippen molar-refractivity contribution in [2.45, 2.75) is 25.3 Å². The topological polar surface area (TPSA) is 38.1 Å². The van der Waals surface area contributed by atoms with Gasteiger partial charge >= 0.3 is 0 Å². The summed E-state index contributed by atoms with van der Waals surface area (Å²) >= 11 is 0. The summed E-state index contributed by atoms with van der Waals surface area (Å²) in [7, 11) is 0. The molecule has 2 aliphatic carbocycles. The van der Waals surface area contributed by atoms with Gasteiger partial charge in [-0.05, 0) is 31.1 Å². The molecule has 1 aromatic rings. The van der Waals surface area contributed by atoms with Crippen LogP contribution < -0.4 is 0 Å². The maximum atomic E-state index is 12.1. The van der Waals surface area contributed by atoms with Gasteiger partial charge in [-0.1, -0.05) is 0 Å². The summed E-state index contributed by atoms with van der Waals surface area (Å²) in [5, 5.41) is 0. The summed E-state index contributed by atoms with van der Waals surface area (Å²) in [5.74, 6) is 1.73. The Hall–Kier alpha value is -1.32. The van der Waals surface area contributed by atoms with E-state index in [1.807, 2.05) is 17.4 Å². The summed E-state index contributed by atoms with van der Waals surface area (Å²) in [6.45, 7) is 1.92. The maximum absolute atomic E-state index is 12.1. The van der Waals surface area contributed by atoms with Crippen LogP contribution in [0.5, 0.6) is 0 Å². The van der Waals surface area contributed by atoms with E-state index in [2.05, 4.69) is 9.55 Å². The number of carbonyl (C=O) groups is 1. The summed E-state index contributed by atoms with van der Waals surface area (Å²) in [6, 6.07) is 0.612. The molecule has 2 saturated carbocycles. The number of carbonyl (C=O) groups excluding carboxylic acids is 1. The number of amides is 1. The number of aromatic nitrogens is 2. The number of likely N-dealkylation sites (tertiary alicyclic amines) is 1. The van der Waals surface area contributed by atoms with Gasteiger partial charge in [-0.2, -0.15) is 0 Å². The molecule has 1 amide bonds. The van der Waals surface area contributed by atoms with Gasteiger partial charge in [-0.15, -0.1) is 0 Å². The molecule has 0 radical (unpaired) electrons. The highest BCUT2D eigenvalue weighted by Gasteiger charge is 2.46. The smallest absolute Gasteiger partial charge is 0.274 e. The molecule has 0 spiro atoms. The Kier molecular flexibility index (Phi) is 1.58. The second-order valence-corrected chi connectivity index (χ2v) is 5.40. The molecule has 1 aromatic heterocycles. The van der Waals surface area contributed by atoms with E-state index in [9.17, 15) is 4.79 Å². The third-order valence-electron chi connectivity index (χ3n) is 4.06. The zero-order valence-electron chi connectivity index (χ0n) is 9.17. The Morgan fingerprint density at radius 1 is 1.31 bits per heavy atom. The van der Waals surface area contributed by atoms with E-state index < -0.39 is 0 Å². The number of hydrogen-bond acceptors (Lipinski definition) is 2. The molecule has 84 valence electrons. The summed E-state index contributed by atoms with van der Waals surface area (Å²) in [5.41, 5.74) is 0.633. The third-order valence-corrected chi connectivity index (χ3v) is 4.06. The molecule has 0 bridgehead atoms. The molecule has 2 atom stereocenters. The van der Waals surface area contributed by atoms with E-state index in [0.717, 1.165) is 24.9 Å². The van der Waals surface area contributed by atoms with E-state index in [0.29, 0.717) is 11.7 Å². The van der Waals surface area contributed by atoms with Gasteiger partial charge in [0, 0.05) is 25.3 Å². The highest BCUT2D eigenvalue weighted by atomic mass is 16.2. The van der Waals surface area contributed by atoms with Crippen molar-refractivity contribution in [1.29, 1.82) is 0 Å². The quantitative estimate of drug-likeness (QED) is 0.749. The van der Waals surface area contributed by atoms with Gasteiger partial charge in [0.25, 0.3) is 5.91 Å². The first kappa shape index (κ1) is 8.79.